The maximum Gasteiger partial charge on any atom is 0.0539 e. The van der Waals surface area contributed by atoms with Crippen molar-refractivity contribution in [2.24, 2.45) is 0 Å². The van der Waals surface area contributed by atoms with E-state index in [-0.39, 0.29) is 0 Å². The molecule has 0 spiro atoms. The van der Waals surface area contributed by atoms with E-state index in [0.717, 1.165) is 6.54 Å². The predicted molar refractivity (Wildman–Crippen MR) is 31.0 cm³/mol. The Labute approximate surface area is 47.9 Å². The molecular weight excluding hydrogens is 100 g/mol. The molecule has 0 atom stereocenters. The number of aromatic nitrogens is 1. The van der Waals surface area contributed by atoms with Crippen LogP contribution in [0.15, 0.2) is 12.4 Å². The molecule has 0 aliphatic carbocycles. The fraction of sp³-hybridized carbons (Fsp3) is 0.167. The largest absolute Gasteiger partial charge is 0.367 e. The van der Waals surface area contributed by atoms with E-state index >= 15 is 0 Å². The monoisotopic (exact) mass is 107 g/mol. The summed E-state index contributed by atoms with van der Waals surface area (Å²) in [5.41, 5.74) is 2.66. The molecule has 0 fully saturated rings. The third kappa shape index (κ3) is 0.406. The van der Waals surface area contributed by atoms with Crippen LogP contribution in [0, 0.1) is 6.54 Å². The van der Waals surface area contributed by atoms with Gasteiger partial charge in [0.1, 0.15) is 0 Å². The van der Waals surface area contributed by atoms with Gasteiger partial charge in [-0.05, 0) is 11.1 Å². The van der Waals surface area contributed by atoms with Crippen LogP contribution in [0.5, 0.6) is 0 Å². The van der Waals surface area contributed by atoms with Crippen LogP contribution < -0.4 is 5.32 Å². The van der Waals surface area contributed by atoms with Crippen LogP contribution in [0.25, 0.3) is 0 Å². The fourth-order valence-electron chi connectivity index (χ4n) is 0.966. The molecule has 0 amide bonds. The number of rotatable bonds is 0. The van der Waals surface area contributed by atoms with E-state index < -0.39 is 0 Å². The second kappa shape index (κ2) is 1.36. The summed E-state index contributed by atoms with van der Waals surface area (Å²) in [5, 5.41) is 3.12. The van der Waals surface area contributed by atoms with Gasteiger partial charge in [0.05, 0.1) is 6.54 Å². The highest BCUT2D eigenvalue weighted by Gasteiger charge is 2.08. The van der Waals surface area contributed by atoms with E-state index in [0.29, 0.717) is 0 Å². The first-order chi connectivity index (χ1) is 3.97. The highest BCUT2D eigenvalue weighted by atomic mass is 14.9. The molecule has 1 aliphatic heterocycles. The molecule has 0 saturated heterocycles. The lowest BCUT2D eigenvalue weighted by Crippen LogP contribution is -1.98. The highest BCUT2D eigenvalue weighted by Crippen LogP contribution is 2.13. The Morgan fingerprint density at radius 2 is 2.38 bits per heavy atom. The van der Waals surface area contributed by atoms with Crippen LogP contribution in [0.1, 0.15) is 11.1 Å². The van der Waals surface area contributed by atoms with Crippen molar-refractivity contribution in [1.82, 2.24) is 10.3 Å². The summed E-state index contributed by atoms with van der Waals surface area (Å²) in [7, 11) is 0. The lowest BCUT2D eigenvalue weighted by Gasteiger charge is -1.82. The summed E-state index contributed by atoms with van der Waals surface area (Å²) in [6, 6.07) is 0. The van der Waals surface area contributed by atoms with Crippen LogP contribution in [-0.4, -0.2) is 4.98 Å². The zero-order valence-corrected chi connectivity index (χ0v) is 4.44. The molecule has 2 nitrogen and oxygen atoms in total. The summed E-state index contributed by atoms with van der Waals surface area (Å²) in [5.74, 6) is 0. The van der Waals surface area contributed by atoms with Gasteiger partial charge in [0, 0.05) is 18.9 Å². The minimum atomic E-state index is 0.985. The van der Waals surface area contributed by atoms with Gasteiger partial charge in [-0.1, -0.05) is 0 Å². The molecule has 0 saturated carbocycles. The Balaban J connectivity index is 2.54. The van der Waals surface area contributed by atoms with Crippen molar-refractivity contribution in [3.05, 3.63) is 30.1 Å². The summed E-state index contributed by atoms with van der Waals surface area (Å²) in [6.07, 6.45) is 4.02. The molecule has 0 unspecified atom stereocenters. The van der Waals surface area contributed by atoms with Gasteiger partial charge < -0.3 is 10.3 Å². The summed E-state index contributed by atoms with van der Waals surface area (Å²) in [6.45, 7) is 3.00. The first kappa shape index (κ1) is 4.15. The maximum absolute atomic E-state index is 3.12. The Morgan fingerprint density at radius 1 is 1.38 bits per heavy atom. The predicted octanol–water partition coefficient (Wildman–Crippen LogP) is 0.628. The van der Waals surface area contributed by atoms with Crippen molar-refractivity contribution in [1.29, 1.82) is 0 Å². The molecule has 2 heterocycles. The molecule has 1 aromatic rings. The standard InChI is InChI=1S/C6H7N2/c1-5-2-8-4-6(5)3-7-1/h1-3,7-8H,4H2. The Bertz CT molecular complexity index is 172. The maximum atomic E-state index is 3.12. The van der Waals surface area contributed by atoms with Crippen LogP contribution in [-0.2, 0) is 6.54 Å². The van der Waals surface area contributed by atoms with Crippen molar-refractivity contribution in [2.45, 2.75) is 6.54 Å². The van der Waals surface area contributed by atoms with Crippen LogP contribution in [0.4, 0.5) is 0 Å². The van der Waals surface area contributed by atoms with Crippen molar-refractivity contribution in [3.63, 3.8) is 0 Å². The molecule has 2 heteroatoms. The molecule has 1 aromatic heterocycles. The second-order valence-electron chi connectivity index (χ2n) is 1.96. The minimum Gasteiger partial charge on any atom is -0.367 e. The smallest absolute Gasteiger partial charge is 0.0539 e. The minimum absolute atomic E-state index is 0.985. The first-order valence-electron chi connectivity index (χ1n) is 2.69. The SMILES string of the molecule is [CH]1NCc2c[nH]cc21. The molecule has 2 rings (SSSR count). The van der Waals surface area contributed by atoms with Crippen LogP contribution >= 0.6 is 0 Å². The molecular formula is C6H7N2. The van der Waals surface area contributed by atoms with Gasteiger partial charge >= 0.3 is 0 Å². The third-order valence-corrected chi connectivity index (χ3v) is 1.42. The van der Waals surface area contributed by atoms with E-state index in [9.17, 15) is 0 Å². The number of H-pyrrole nitrogens is 1. The van der Waals surface area contributed by atoms with Gasteiger partial charge in [-0.3, -0.25) is 0 Å². The quantitative estimate of drug-likeness (QED) is 0.500. The topological polar surface area (TPSA) is 27.8 Å². The Hall–Kier alpha value is -0.760. The van der Waals surface area contributed by atoms with Gasteiger partial charge in [0.2, 0.25) is 0 Å². The van der Waals surface area contributed by atoms with Gasteiger partial charge in [0.25, 0.3) is 0 Å². The zero-order chi connectivity index (χ0) is 5.40. The number of fused-ring (bicyclic) bond motifs is 1. The zero-order valence-electron chi connectivity index (χ0n) is 4.44. The number of hydrogen-bond acceptors (Lipinski definition) is 1. The normalized spacial score (nSPS) is 16.5. The fourth-order valence-corrected chi connectivity index (χ4v) is 0.966. The Morgan fingerprint density at radius 3 is 3.25 bits per heavy atom. The van der Waals surface area contributed by atoms with E-state index in [1.165, 1.54) is 11.1 Å². The van der Waals surface area contributed by atoms with E-state index in [2.05, 4.69) is 10.3 Å². The molecule has 0 bridgehead atoms. The molecule has 1 aliphatic rings. The molecule has 8 heavy (non-hydrogen) atoms. The van der Waals surface area contributed by atoms with Gasteiger partial charge in [-0.15, -0.1) is 0 Å². The summed E-state index contributed by atoms with van der Waals surface area (Å²) < 4.78 is 0. The van der Waals surface area contributed by atoms with Gasteiger partial charge in [0.15, 0.2) is 0 Å². The number of nitrogens with one attached hydrogen (secondary N) is 2. The lowest BCUT2D eigenvalue weighted by molar-refractivity contribution is 0.880. The number of aromatic amines is 1. The van der Waals surface area contributed by atoms with Crippen molar-refractivity contribution in [2.75, 3.05) is 0 Å². The summed E-state index contributed by atoms with van der Waals surface area (Å²) in [4.78, 5) is 3.03. The molecule has 2 N–H and O–H groups in total. The molecule has 1 radical (unpaired) electrons. The van der Waals surface area contributed by atoms with E-state index in [1.54, 1.807) is 0 Å². The molecule has 0 aromatic carbocycles. The van der Waals surface area contributed by atoms with Gasteiger partial charge in [-0.25, -0.2) is 0 Å². The van der Waals surface area contributed by atoms with Crippen molar-refractivity contribution in [3.8, 4) is 0 Å². The van der Waals surface area contributed by atoms with Crippen molar-refractivity contribution >= 4 is 0 Å². The van der Waals surface area contributed by atoms with E-state index in [1.807, 2.05) is 18.9 Å². The second-order valence-corrected chi connectivity index (χ2v) is 1.96. The van der Waals surface area contributed by atoms with E-state index in [4.69, 9.17) is 0 Å². The third-order valence-electron chi connectivity index (χ3n) is 1.42. The highest BCUT2D eigenvalue weighted by molar-refractivity contribution is 5.33. The number of hydrogen-bond donors (Lipinski definition) is 2. The van der Waals surface area contributed by atoms with Crippen LogP contribution in [0.2, 0.25) is 0 Å². The summed E-state index contributed by atoms with van der Waals surface area (Å²) >= 11 is 0. The van der Waals surface area contributed by atoms with Gasteiger partial charge in [-0.2, -0.15) is 0 Å². The lowest BCUT2D eigenvalue weighted by atomic mass is 10.2. The Kier molecular flexibility index (Phi) is 0.704. The molecule has 41 valence electrons. The first-order valence-corrected chi connectivity index (χ1v) is 2.69. The average molecular weight is 107 g/mol. The average Bonchev–Trinajstić information content (AvgIpc) is 2.15. The van der Waals surface area contributed by atoms with Crippen LogP contribution in [0.3, 0.4) is 0 Å². The van der Waals surface area contributed by atoms with Crippen molar-refractivity contribution < 1.29 is 0 Å².